The number of hydrogen-bond donors (Lipinski definition) is 1. The van der Waals surface area contributed by atoms with Crippen molar-refractivity contribution < 1.29 is 42.1 Å². The lowest BCUT2D eigenvalue weighted by Crippen LogP contribution is -2.37. The minimum absolute atomic E-state index is 0.0263. The predicted molar refractivity (Wildman–Crippen MR) is 261 cm³/mol. The van der Waals surface area contributed by atoms with Gasteiger partial charge in [0.15, 0.2) is 6.10 Å². The molecule has 0 aliphatic carbocycles. The van der Waals surface area contributed by atoms with E-state index in [4.69, 9.17) is 18.5 Å². The molecule has 0 heterocycles. The van der Waals surface area contributed by atoms with Crippen LogP contribution in [0.5, 0.6) is 0 Å². The number of likely N-dealkylation sites (N-methyl/N-ethyl adjacent to an activating group) is 1. The molecule has 0 aromatic rings. The van der Waals surface area contributed by atoms with Crippen LogP contribution in [0.25, 0.3) is 0 Å². The molecule has 62 heavy (non-hydrogen) atoms. The Balaban J connectivity index is 4.31. The molecular weight excluding hydrogens is 798 g/mol. The third-order valence-electron chi connectivity index (χ3n) is 10.9. The summed E-state index contributed by atoms with van der Waals surface area (Å²) in [7, 11) is 1.46. The number of nitrogens with zero attached hydrogens (tertiary/aromatic N) is 1. The quantitative estimate of drug-likeness (QED) is 0.0212. The third kappa shape index (κ3) is 47.4. The van der Waals surface area contributed by atoms with Gasteiger partial charge in [0.1, 0.15) is 19.8 Å². The number of ether oxygens (including phenoxy) is 2. The number of hydrogen-bond acceptors (Lipinski definition) is 7. The number of phosphoric ester groups is 1. The summed E-state index contributed by atoms with van der Waals surface area (Å²) in [5.41, 5.74) is 0. The van der Waals surface area contributed by atoms with Crippen molar-refractivity contribution >= 4 is 19.8 Å². The van der Waals surface area contributed by atoms with Gasteiger partial charge in [-0.25, -0.2) is 4.57 Å². The molecule has 0 aromatic carbocycles. The average molecular weight is 895 g/mol. The highest BCUT2D eigenvalue weighted by Gasteiger charge is 2.27. The van der Waals surface area contributed by atoms with Crippen LogP contribution in [0.15, 0.2) is 48.6 Å². The van der Waals surface area contributed by atoms with Gasteiger partial charge in [-0.15, -0.1) is 0 Å². The highest BCUT2D eigenvalue weighted by molar-refractivity contribution is 7.47. The Morgan fingerprint density at radius 3 is 1.32 bits per heavy atom. The molecule has 1 N–H and O–H groups in total. The first kappa shape index (κ1) is 60.0. The molecule has 362 valence electrons. The third-order valence-corrected chi connectivity index (χ3v) is 11.8. The lowest BCUT2D eigenvalue weighted by atomic mass is 10.0. The fourth-order valence-corrected chi connectivity index (χ4v) is 7.62. The molecular formula is C52H97NO8P+. The number of quaternary nitrogens is 1. The van der Waals surface area contributed by atoms with Gasteiger partial charge in [-0.3, -0.25) is 18.6 Å². The standard InChI is InChI=1S/C52H96NO8P/c1-6-8-10-12-14-16-18-20-22-24-26-28-30-32-34-36-38-40-42-44-51(54)58-48-50(49-60-62(56,57)59-47-46-53(3,4)5)61-52(55)45-43-41-39-37-35-33-31-29-27-25-23-21-19-17-15-13-11-9-7-2/h14,16,20,22,26,28,32,34,50H,6-13,15,17-19,21,23-25,27,29-31,33,35-49H2,1-5H3/p+1/b16-14-,22-20-,28-26-,34-32-/t50-/m1/s1. The molecule has 0 amide bonds. The number of esters is 2. The normalized spacial score (nSPS) is 13.8. The fourth-order valence-electron chi connectivity index (χ4n) is 6.88. The topological polar surface area (TPSA) is 108 Å². The molecule has 0 radical (unpaired) electrons. The van der Waals surface area contributed by atoms with Gasteiger partial charge in [-0.05, 0) is 57.8 Å². The summed E-state index contributed by atoms with van der Waals surface area (Å²) in [6, 6.07) is 0. The molecule has 2 atom stereocenters. The van der Waals surface area contributed by atoms with Crippen molar-refractivity contribution in [2.45, 2.75) is 225 Å². The molecule has 0 saturated heterocycles. The van der Waals surface area contributed by atoms with Crippen LogP contribution in [0.4, 0.5) is 0 Å². The molecule has 0 aliphatic rings. The number of phosphoric acid groups is 1. The first-order valence-electron chi connectivity index (χ1n) is 25.4. The Hall–Kier alpha value is -2.03. The number of unbranched alkanes of at least 4 members (excludes halogenated alkanes) is 24. The van der Waals surface area contributed by atoms with E-state index in [-0.39, 0.29) is 26.1 Å². The van der Waals surface area contributed by atoms with Crippen LogP contribution >= 0.6 is 7.82 Å². The van der Waals surface area contributed by atoms with Crippen LogP contribution in [0.3, 0.4) is 0 Å². The lowest BCUT2D eigenvalue weighted by Gasteiger charge is -2.24. The van der Waals surface area contributed by atoms with Crippen molar-refractivity contribution in [2.75, 3.05) is 47.5 Å². The van der Waals surface area contributed by atoms with Gasteiger partial charge < -0.3 is 18.9 Å². The Morgan fingerprint density at radius 2 is 0.871 bits per heavy atom. The number of carbonyl (C=O) groups excluding carboxylic acids is 2. The summed E-state index contributed by atoms with van der Waals surface area (Å²) >= 11 is 0. The van der Waals surface area contributed by atoms with Crippen LogP contribution in [0.2, 0.25) is 0 Å². The van der Waals surface area contributed by atoms with Crippen molar-refractivity contribution in [1.29, 1.82) is 0 Å². The van der Waals surface area contributed by atoms with E-state index >= 15 is 0 Å². The smallest absolute Gasteiger partial charge is 0.462 e. The van der Waals surface area contributed by atoms with Gasteiger partial charge in [-0.2, -0.15) is 0 Å². The monoisotopic (exact) mass is 895 g/mol. The van der Waals surface area contributed by atoms with Crippen molar-refractivity contribution in [3.63, 3.8) is 0 Å². The molecule has 1 unspecified atom stereocenters. The van der Waals surface area contributed by atoms with Gasteiger partial charge in [0.05, 0.1) is 27.7 Å². The van der Waals surface area contributed by atoms with E-state index in [1.165, 1.54) is 128 Å². The maximum atomic E-state index is 12.8. The molecule has 9 nitrogen and oxygen atoms in total. The second-order valence-corrected chi connectivity index (χ2v) is 19.7. The first-order chi connectivity index (χ1) is 30.0. The van der Waals surface area contributed by atoms with E-state index in [9.17, 15) is 19.0 Å². The van der Waals surface area contributed by atoms with Gasteiger partial charge >= 0.3 is 19.8 Å². The van der Waals surface area contributed by atoms with Gasteiger partial charge in [0, 0.05) is 12.8 Å². The van der Waals surface area contributed by atoms with Crippen LogP contribution in [0, 0.1) is 0 Å². The summed E-state index contributed by atoms with van der Waals surface area (Å²) in [6.45, 7) is 4.38. The highest BCUT2D eigenvalue weighted by atomic mass is 31.2. The molecule has 0 rings (SSSR count). The zero-order valence-electron chi connectivity index (χ0n) is 40.9. The van der Waals surface area contributed by atoms with Crippen LogP contribution in [-0.4, -0.2) is 74.9 Å². The van der Waals surface area contributed by atoms with E-state index in [0.29, 0.717) is 23.9 Å². The predicted octanol–water partition coefficient (Wildman–Crippen LogP) is 15.0. The van der Waals surface area contributed by atoms with E-state index in [2.05, 4.69) is 62.5 Å². The molecule has 0 spiro atoms. The van der Waals surface area contributed by atoms with E-state index < -0.39 is 32.5 Å². The molecule has 10 heteroatoms. The Morgan fingerprint density at radius 1 is 0.500 bits per heavy atom. The zero-order valence-corrected chi connectivity index (χ0v) is 41.7. The van der Waals surface area contributed by atoms with Crippen molar-refractivity contribution in [1.82, 2.24) is 0 Å². The molecule has 0 bridgehead atoms. The van der Waals surface area contributed by atoms with Crippen LogP contribution in [0.1, 0.15) is 219 Å². The van der Waals surface area contributed by atoms with Crippen LogP contribution in [-0.2, 0) is 32.7 Å². The first-order valence-corrected chi connectivity index (χ1v) is 26.9. The highest BCUT2D eigenvalue weighted by Crippen LogP contribution is 2.43. The Bertz CT molecular complexity index is 1190. The molecule has 0 aromatic heterocycles. The maximum Gasteiger partial charge on any atom is 0.472 e. The van der Waals surface area contributed by atoms with Crippen molar-refractivity contribution in [3.05, 3.63) is 48.6 Å². The molecule has 0 aliphatic heterocycles. The maximum absolute atomic E-state index is 12.8. The zero-order chi connectivity index (χ0) is 45.7. The lowest BCUT2D eigenvalue weighted by molar-refractivity contribution is -0.870. The van der Waals surface area contributed by atoms with E-state index in [1.807, 2.05) is 21.1 Å². The average Bonchev–Trinajstić information content (AvgIpc) is 3.23. The molecule has 0 saturated carbocycles. The SMILES string of the molecule is CCCCC/C=C\C/C=C\C/C=C\C/C=C\CCCCCC(=O)OC[C@H](COP(=O)(O)OCC[N+](C)(C)C)OC(=O)CCCCCCCCCCCCCCCCCCCCC. The van der Waals surface area contributed by atoms with Crippen LogP contribution < -0.4 is 0 Å². The summed E-state index contributed by atoms with van der Waals surface area (Å²) in [6.07, 6.45) is 53.0. The number of carbonyl (C=O) groups is 2. The minimum Gasteiger partial charge on any atom is -0.462 e. The second-order valence-electron chi connectivity index (χ2n) is 18.2. The van der Waals surface area contributed by atoms with Crippen molar-refractivity contribution in [2.24, 2.45) is 0 Å². The number of allylic oxidation sites excluding steroid dienone is 8. The summed E-state index contributed by atoms with van der Waals surface area (Å²) in [5, 5.41) is 0. The Kier molecular flexibility index (Phi) is 42.7. The minimum atomic E-state index is -4.39. The van der Waals surface area contributed by atoms with Gasteiger partial charge in [0.25, 0.3) is 0 Å². The summed E-state index contributed by atoms with van der Waals surface area (Å²) in [4.78, 5) is 35.5. The summed E-state index contributed by atoms with van der Waals surface area (Å²) < 4.78 is 34.4. The summed E-state index contributed by atoms with van der Waals surface area (Å²) in [5.74, 6) is -0.828. The van der Waals surface area contributed by atoms with E-state index in [0.717, 1.165) is 51.4 Å². The Labute approximate surface area is 382 Å². The number of rotatable bonds is 46. The van der Waals surface area contributed by atoms with Gasteiger partial charge in [0.2, 0.25) is 0 Å². The van der Waals surface area contributed by atoms with Crippen molar-refractivity contribution in [3.8, 4) is 0 Å². The van der Waals surface area contributed by atoms with E-state index in [1.54, 1.807) is 0 Å². The second kappa shape index (κ2) is 44.2. The molecule has 0 fully saturated rings. The largest absolute Gasteiger partial charge is 0.472 e. The van der Waals surface area contributed by atoms with Gasteiger partial charge in [-0.1, -0.05) is 197 Å². The fraction of sp³-hybridized carbons (Fsp3) is 0.808.